The highest BCUT2D eigenvalue weighted by Gasteiger charge is 2.30. The number of hydrogen-bond donors (Lipinski definition) is 1. The molecule has 1 amide bonds. The van der Waals surface area contributed by atoms with Crippen LogP contribution in [0.5, 0.6) is 17.2 Å². The number of hydrogen-bond acceptors (Lipinski definition) is 5. The molecule has 3 aromatic rings. The standard InChI is InChI=1S/C20H14N2O5/c23-20-19-16(22(24)25)10-14(26-12-13-6-2-1-3-7-13)11-18(19)27-17-9-5-4-8-15(17)21-20/h1-11H,12H2,(H,21,23). The number of nitrogens with one attached hydrogen (secondary N) is 1. The molecule has 0 aliphatic carbocycles. The fourth-order valence-electron chi connectivity index (χ4n) is 2.82. The first-order chi connectivity index (χ1) is 13.1. The number of carbonyl (C=O) groups is 1. The lowest BCUT2D eigenvalue weighted by Crippen LogP contribution is -2.13. The molecule has 27 heavy (non-hydrogen) atoms. The van der Waals surface area contributed by atoms with Crippen LogP contribution in [0.3, 0.4) is 0 Å². The zero-order chi connectivity index (χ0) is 18.8. The Kier molecular flexibility index (Phi) is 4.18. The molecule has 1 aliphatic heterocycles. The van der Waals surface area contributed by atoms with Crippen molar-refractivity contribution in [3.05, 3.63) is 88.0 Å². The first-order valence-corrected chi connectivity index (χ1v) is 8.19. The number of nitrogens with zero attached hydrogens (tertiary/aromatic N) is 1. The minimum Gasteiger partial charge on any atom is -0.489 e. The topological polar surface area (TPSA) is 90.7 Å². The summed E-state index contributed by atoms with van der Waals surface area (Å²) in [5.41, 5.74) is 0.850. The summed E-state index contributed by atoms with van der Waals surface area (Å²) in [5.74, 6) is 0.126. The van der Waals surface area contributed by atoms with Gasteiger partial charge >= 0.3 is 0 Å². The average molecular weight is 362 g/mol. The summed E-state index contributed by atoms with van der Waals surface area (Å²) < 4.78 is 11.5. The van der Waals surface area contributed by atoms with Gasteiger partial charge in [-0.15, -0.1) is 0 Å². The van der Waals surface area contributed by atoms with Gasteiger partial charge in [0, 0.05) is 6.07 Å². The van der Waals surface area contributed by atoms with Crippen LogP contribution in [-0.2, 0) is 6.61 Å². The fraction of sp³-hybridized carbons (Fsp3) is 0.0500. The summed E-state index contributed by atoms with van der Waals surface area (Å²) in [6.45, 7) is 0.236. The second-order valence-electron chi connectivity index (χ2n) is 5.90. The smallest absolute Gasteiger partial charge is 0.289 e. The molecule has 3 aromatic carbocycles. The van der Waals surface area contributed by atoms with E-state index in [9.17, 15) is 14.9 Å². The Labute approximate surface area is 154 Å². The van der Waals surface area contributed by atoms with Crippen LogP contribution in [0.15, 0.2) is 66.7 Å². The van der Waals surface area contributed by atoms with E-state index in [4.69, 9.17) is 9.47 Å². The van der Waals surface area contributed by atoms with Gasteiger partial charge in [-0.3, -0.25) is 14.9 Å². The summed E-state index contributed by atoms with van der Waals surface area (Å²) >= 11 is 0. The lowest BCUT2D eigenvalue weighted by Gasteiger charge is -2.11. The summed E-state index contributed by atoms with van der Waals surface area (Å²) in [6, 6.07) is 19.0. The van der Waals surface area contributed by atoms with Gasteiger partial charge in [-0.05, 0) is 17.7 Å². The lowest BCUT2D eigenvalue weighted by atomic mass is 10.1. The number of carbonyl (C=O) groups excluding carboxylic acids is 1. The third kappa shape index (κ3) is 3.30. The third-order valence-corrected chi connectivity index (χ3v) is 4.08. The van der Waals surface area contributed by atoms with Crippen molar-refractivity contribution in [2.45, 2.75) is 6.61 Å². The molecule has 7 nitrogen and oxygen atoms in total. The highest BCUT2D eigenvalue weighted by atomic mass is 16.6. The molecule has 0 unspecified atom stereocenters. The van der Waals surface area contributed by atoms with Gasteiger partial charge in [-0.1, -0.05) is 42.5 Å². The van der Waals surface area contributed by atoms with E-state index in [-0.39, 0.29) is 29.4 Å². The Morgan fingerprint density at radius 2 is 1.74 bits per heavy atom. The molecule has 0 saturated carbocycles. The van der Waals surface area contributed by atoms with Crippen molar-refractivity contribution in [3.63, 3.8) is 0 Å². The van der Waals surface area contributed by atoms with Crippen molar-refractivity contribution in [1.82, 2.24) is 0 Å². The van der Waals surface area contributed by atoms with Crippen LogP contribution >= 0.6 is 0 Å². The van der Waals surface area contributed by atoms with Gasteiger partial charge in [-0.25, -0.2) is 0 Å². The maximum Gasteiger partial charge on any atom is 0.289 e. The van der Waals surface area contributed by atoms with E-state index in [1.54, 1.807) is 24.3 Å². The monoisotopic (exact) mass is 362 g/mol. The van der Waals surface area contributed by atoms with Crippen molar-refractivity contribution in [1.29, 1.82) is 0 Å². The molecule has 0 aromatic heterocycles. The van der Waals surface area contributed by atoms with Gasteiger partial charge in [0.1, 0.15) is 12.4 Å². The van der Waals surface area contributed by atoms with Gasteiger partial charge in [0.05, 0.1) is 16.7 Å². The Bertz CT molecular complexity index is 1030. The zero-order valence-electron chi connectivity index (χ0n) is 14.0. The highest BCUT2D eigenvalue weighted by Crippen LogP contribution is 2.41. The fourth-order valence-corrected chi connectivity index (χ4v) is 2.82. The molecule has 0 atom stereocenters. The van der Waals surface area contributed by atoms with E-state index in [2.05, 4.69) is 5.32 Å². The molecular weight excluding hydrogens is 348 g/mol. The van der Waals surface area contributed by atoms with Crippen molar-refractivity contribution in [2.75, 3.05) is 5.32 Å². The maximum absolute atomic E-state index is 12.5. The van der Waals surface area contributed by atoms with Crippen LogP contribution in [0, 0.1) is 10.1 Å². The van der Waals surface area contributed by atoms with Gasteiger partial charge in [0.15, 0.2) is 17.1 Å². The molecule has 0 saturated heterocycles. The molecule has 1 heterocycles. The molecule has 0 spiro atoms. The second-order valence-corrected chi connectivity index (χ2v) is 5.90. The van der Waals surface area contributed by atoms with Crippen LogP contribution in [0.25, 0.3) is 0 Å². The first-order valence-electron chi connectivity index (χ1n) is 8.19. The Hall–Kier alpha value is -3.87. The van der Waals surface area contributed by atoms with Gasteiger partial charge in [0.2, 0.25) is 0 Å². The van der Waals surface area contributed by atoms with Crippen LogP contribution in [0.1, 0.15) is 15.9 Å². The third-order valence-electron chi connectivity index (χ3n) is 4.08. The predicted molar refractivity (Wildman–Crippen MR) is 98.3 cm³/mol. The molecule has 1 aliphatic rings. The summed E-state index contributed by atoms with van der Waals surface area (Å²) in [4.78, 5) is 23.5. The summed E-state index contributed by atoms with van der Waals surface area (Å²) in [5, 5.41) is 14.2. The van der Waals surface area contributed by atoms with E-state index < -0.39 is 10.8 Å². The van der Waals surface area contributed by atoms with Crippen LogP contribution in [-0.4, -0.2) is 10.8 Å². The van der Waals surface area contributed by atoms with Gasteiger partial charge in [-0.2, -0.15) is 0 Å². The van der Waals surface area contributed by atoms with Crippen molar-refractivity contribution >= 4 is 17.3 Å². The van der Waals surface area contributed by atoms with E-state index in [0.717, 1.165) is 5.56 Å². The number of fused-ring (bicyclic) bond motifs is 2. The van der Waals surface area contributed by atoms with Crippen LogP contribution in [0.4, 0.5) is 11.4 Å². The number of para-hydroxylation sites is 2. The minimum atomic E-state index is -0.618. The van der Waals surface area contributed by atoms with E-state index in [1.807, 2.05) is 30.3 Å². The minimum absolute atomic E-state index is 0.0784. The molecule has 0 bridgehead atoms. The molecule has 7 heteroatoms. The normalized spacial score (nSPS) is 12.1. The van der Waals surface area contributed by atoms with Gasteiger partial charge < -0.3 is 14.8 Å². The predicted octanol–water partition coefficient (Wildman–Crippen LogP) is 4.53. The van der Waals surface area contributed by atoms with E-state index in [0.29, 0.717) is 11.4 Å². The van der Waals surface area contributed by atoms with Crippen molar-refractivity contribution < 1.29 is 19.2 Å². The number of amides is 1. The molecule has 0 fully saturated rings. The molecule has 1 N–H and O–H groups in total. The number of nitro groups is 1. The van der Waals surface area contributed by atoms with E-state index >= 15 is 0 Å². The lowest BCUT2D eigenvalue weighted by molar-refractivity contribution is -0.385. The second kappa shape index (κ2) is 6.80. The van der Waals surface area contributed by atoms with Gasteiger partial charge in [0.25, 0.3) is 11.6 Å². The van der Waals surface area contributed by atoms with Crippen molar-refractivity contribution in [3.8, 4) is 17.2 Å². The van der Waals surface area contributed by atoms with Crippen molar-refractivity contribution in [2.24, 2.45) is 0 Å². The van der Waals surface area contributed by atoms with Crippen LogP contribution in [0.2, 0.25) is 0 Å². The molecule has 4 rings (SSSR count). The Morgan fingerprint density at radius 3 is 2.52 bits per heavy atom. The number of ether oxygens (including phenoxy) is 2. The largest absolute Gasteiger partial charge is 0.489 e. The SMILES string of the molecule is O=C1Nc2ccccc2Oc2cc(OCc3ccccc3)cc([N+](=O)[O-])c21. The molecular formula is C20H14N2O5. The van der Waals surface area contributed by atoms with E-state index in [1.165, 1.54) is 12.1 Å². The zero-order valence-corrected chi connectivity index (χ0v) is 14.0. The highest BCUT2D eigenvalue weighted by molar-refractivity contribution is 6.10. The Balaban J connectivity index is 1.74. The molecule has 134 valence electrons. The number of anilines is 1. The number of benzene rings is 3. The van der Waals surface area contributed by atoms with Crippen LogP contribution < -0.4 is 14.8 Å². The average Bonchev–Trinajstić information content (AvgIpc) is 2.82. The quantitative estimate of drug-likeness (QED) is 0.544. The molecule has 0 radical (unpaired) electrons. The number of rotatable bonds is 4. The summed E-state index contributed by atoms with van der Waals surface area (Å²) in [6.07, 6.45) is 0. The maximum atomic E-state index is 12.5. The Morgan fingerprint density at radius 1 is 1.00 bits per heavy atom. The number of nitro benzene ring substituents is 1. The summed E-state index contributed by atoms with van der Waals surface area (Å²) in [7, 11) is 0. The first kappa shape index (κ1) is 16.6.